The zero-order chi connectivity index (χ0) is 28.2. The van der Waals surface area contributed by atoms with Gasteiger partial charge in [-0.25, -0.2) is 9.78 Å². The number of fused-ring (bicyclic) bond motifs is 1. The van der Waals surface area contributed by atoms with E-state index in [1.807, 2.05) is 31.2 Å². The van der Waals surface area contributed by atoms with Crippen LogP contribution < -0.4 is 10.1 Å². The molecule has 0 aliphatic heterocycles. The maximum absolute atomic E-state index is 12.8. The average Bonchev–Trinajstić information content (AvgIpc) is 3.57. The summed E-state index contributed by atoms with van der Waals surface area (Å²) in [4.78, 5) is 30.4. The smallest absolute Gasteiger partial charge is 0.490 e. The Labute approximate surface area is 218 Å². The van der Waals surface area contributed by atoms with Crippen LogP contribution >= 0.6 is 0 Å². The van der Waals surface area contributed by atoms with Crippen molar-refractivity contribution < 1.29 is 41.5 Å². The maximum Gasteiger partial charge on any atom is 0.490 e. The number of oxazole rings is 1. The minimum absolute atomic E-state index is 0.255. The van der Waals surface area contributed by atoms with Gasteiger partial charge in [-0.05, 0) is 61.5 Å². The molecule has 0 unspecified atom stereocenters. The summed E-state index contributed by atoms with van der Waals surface area (Å²) in [5, 5.41) is 14.8. The van der Waals surface area contributed by atoms with E-state index < -0.39 is 12.1 Å². The Morgan fingerprint density at radius 1 is 1.08 bits per heavy atom. The highest BCUT2D eigenvalue weighted by molar-refractivity contribution is 6.07. The van der Waals surface area contributed by atoms with Crippen LogP contribution in [0.1, 0.15) is 16.1 Å². The van der Waals surface area contributed by atoms with Crippen molar-refractivity contribution in [3.63, 3.8) is 0 Å². The number of aliphatic carboxylic acids is 1. The number of methoxy groups -OCH3 is 1. The summed E-state index contributed by atoms with van der Waals surface area (Å²) in [6, 6.07) is 16.1. The van der Waals surface area contributed by atoms with Crippen molar-refractivity contribution in [2.45, 2.75) is 13.1 Å². The molecule has 0 radical (unpaired) electrons. The molecule has 3 heterocycles. The minimum atomic E-state index is -5.08. The summed E-state index contributed by atoms with van der Waals surface area (Å²) in [6.45, 7) is 1.84. The monoisotopic (exact) mass is 540 g/mol. The highest BCUT2D eigenvalue weighted by Gasteiger charge is 2.38. The molecule has 0 bridgehead atoms. The number of amides is 1. The number of halogens is 3. The van der Waals surface area contributed by atoms with Crippen LogP contribution in [-0.4, -0.2) is 45.4 Å². The van der Waals surface area contributed by atoms with E-state index in [1.54, 1.807) is 43.6 Å². The number of benzene rings is 2. The molecule has 0 fully saturated rings. The normalized spacial score (nSPS) is 11.0. The van der Waals surface area contributed by atoms with Crippen molar-refractivity contribution in [1.29, 1.82) is 0 Å². The van der Waals surface area contributed by atoms with E-state index in [2.05, 4.69) is 20.4 Å². The average molecular weight is 540 g/mol. The van der Waals surface area contributed by atoms with E-state index >= 15 is 0 Å². The second kappa shape index (κ2) is 11.0. The molecular weight excluding hydrogens is 521 g/mol. The molecule has 0 aliphatic carbocycles. The van der Waals surface area contributed by atoms with Gasteiger partial charge in [-0.1, -0.05) is 5.16 Å². The van der Waals surface area contributed by atoms with Gasteiger partial charge in [0.25, 0.3) is 5.91 Å². The SMILES string of the molecule is COc1ccc(-c2nc(-c3noc4ccc(C(=O)Nc5cccnc5C)cc34)co2)cc1.O=C(O)C(F)(F)F. The first kappa shape index (κ1) is 26.9. The maximum atomic E-state index is 12.8. The van der Waals surface area contributed by atoms with Crippen molar-refractivity contribution in [1.82, 2.24) is 15.1 Å². The van der Waals surface area contributed by atoms with Gasteiger partial charge in [0.2, 0.25) is 5.89 Å². The lowest BCUT2D eigenvalue weighted by Gasteiger charge is -2.07. The Bertz CT molecular complexity index is 1630. The van der Waals surface area contributed by atoms with Crippen molar-refractivity contribution in [3.05, 3.63) is 78.3 Å². The molecule has 0 saturated carbocycles. The largest absolute Gasteiger partial charge is 0.497 e. The van der Waals surface area contributed by atoms with E-state index in [0.29, 0.717) is 39.5 Å². The first-order valence-electron chi connectivity index (χ1n) is 11.1. The third-order valence-corrected chi connectivity index (χ3v) is 5.31. The first-order chi connectivity index (χ1) is 18.6. The molecule has 0 aliphatic rings. The second-order valence-corrected chi connectivity index (χ2v) is 7.90. The lowest BCUT2D eigenvalue weighted by atomic mass is 10.1. The standard InChI is InChI=1S/C24H18N4O4.C2HF3O2/c1-14-19(4-3-11-25-14)26-23(29)16-7-10-21-18(12-16)22(28-32-21)20-13-31-24(27-20)15-5-8-17(30-2)9-6-15;3-2(4,5)1(6)7/h3-13H,1-2H3,(H,26,29);(H,6,7). The van der Waals surface area contributed by atoms with E-state index in [0.717, 1.165) is 17.0 Å². The summed E-state index contributed by atoms with van der Waals surface area (Å²) in [7, 11) is 1.61. The fourth-order valence-electron chi connectivity index (χ4n) is 3.32. The van der Waals surface area contributed by atoms with Gasteiger partial charge in [0.15, 0.2) is 5.58 Å². The van der Waals surface area contributed by atoms with Gasteiger partial charge in [-0.15, -0.1) is 0 Å². The summed E-state index contributed by atoms with van der Waals surface area (Å²) >= 11 is 0. The van der Waals surface area contributed by atoms with Crippen LogP contribution in [0.4, 0.5) is 18.9 Å². The van der Waals surface area contributed by atoms with Gasteiger partial charge in [-0.2, -0.15) is 13.2 Å². The Morgan fingerprint density at radius 3 is 2.44 bits per heavy atom. The number of nitrogens with zero attached hydrogens (tertiary/aromatic N) is 3. The summed E-state index contributed by atoms with van der Waals surface area (Å²) in [5.41, 5.74) is 4.21. The number of rotatable bonds is 5. The third kappa shape index (κ3) is 6.21. The fourth-order valence-corrected chi connectivity index (χ4v) is 3.32. The lowest BCUT2D eigenvalue weighted by molar-refractivity contribution is -0.192. The van der Waals surface area contributed by atoms with Crippen LogP contribution in [0.3, 0.4) is 0 Å². The molecule has 200 valence electrons. The second-order valence-electron chi connectivity index (χ2n) is 7.90. The molecule has 13 heteroatoms. The molecule has 39 heavy (non-hydrogen) atoms. The predicted octanol–water partition coefficient (Wildman–Crippen LogP) is 5.75. The third-order valence-electron chi connectivity index (χ3n) is 5.31. The number of aryl methyl sites for hydroxylation is 1. The molecule has 0 atom stereocenters. The molecule has 0 saturated heterocycles. The molecule has 0 spiro atoms. The Kier molecular flexibility index (Phi) is 7.60. The fraction of sp³-hybridized carbons (Fsp3) is 0.115. The number of anilines is 1. The molecule has 2 N–H and O–H groups in total. The van der Waals surface area contributed by atoms with Crippen LogP contribution in [0.5, 0.6) is 5.75 Å². The van der Waals surface area contributed by atoms with Crippen molar-refractivity contribution >= 4 is 28.5 Å². The van der Waals surface area contributed by atoms with Gasteiger partial charge in [0.1, 0.15) is 23.4 Å². The van der Waals surface area contributed by atoms with E-state index in [9.17, 15) is 18.0 Å². The van der Waals surface area contributed by atoms with Crippen molar-refractivity contribution in [3.8, 4) is 28.6 Å². The molecule has 1 amide bonds. The number of carbonyl (C=O) groups is 2. The minimum Gasteiger partial charge on any atom is -0.497 e. The molecular formula is C26H19F3N4O6. The highest BCUT2D eigenvalue weighted by Crippen LogP contribution is 2.31. The Balaban J connectivity index is 0.000000448. The molecule has 2 aromatic carbocycles. The van der Waals surface area contributed by atoms with E-state index in [1.165, 1.54) is 6.26 Å². The van der Waals surface area contributed by atoms with Crippen LogP contribution in [0.15, 0.2) is 76.0 Å². The molecule has 5 rings (SSSR count). The Morgan fingerprint density at radius 2 is 1.79 bits per heavy atom. The van der Waals surface area contributed by atoms with Crippen LogP contribution in [0.2, 0.25) is 0 Å². The molecule has 3 aromatic heterocycles. The number of pyridine rings is 1. The summed E-state index contributed by atoms with van der Waals surface area (Å²) in [6.07, 6.45) is -1.89. The number of carbonyl (C=O) groups excluding carboxylic acids is 1. The highest BCUT2D eigenvalue weighted by atomic mass is 19.4. The van der Waals surface area contributed by atoms with Gasteiger partial charge in [-0.3, -0.25) is 9.78 Å². The topological polar surface area (TPSA) is 141 Å². The number of aromatic nitrogens is 3. The number of carboxylic acid groups (broad SMARTS) is 1. The van der Waals surface area contributed by atoms with E-state index in [4.69, 9.17) is 23.6 Å². The summed E-state index contributed by atoms with van der Waals surface area (Å²) in [5.74, 6) is -1.82. The van der Waals surface area contributed by atoms with Gasteiger partial charge in [0, 0.05) is 17.3 Å². The number of hydrogen-bond acceptors (Lipinski definition) is 8. The van der Waals surface area contributed by atoms with Gasteiger partial charge >= 0.3 is 12.1 Å². The quantitative estimate of drug-likeness (QED) is 0.285. The van der Waals surface area contributed by atoms with Crippen molar-refractivity contribution in [2.24, 2.45) is 0 Å². The number of alkyl halides is 3. The number of carboxylic acids is 1. The predicted molar refractivity (Wildman–Crippen MR) is 132 cm³/mol. The number of hydrogen-bond donors (Lipinski definition) is 2. The lowest BCUT2D eigenvalue weighted by Crippen LogP contribution is -2.21. The van der Waals surface area contributed by atoms with E-state index in [-0.39, 0.29) is 5.91 Å². The van der Waals surface area contributed by atoms with Gasteiger partial charge in [0.05, 0.1) is 23.9 Å². The zero-order valence-corrected chi connectivity index (χ0v) is 20.3. The van der Waals surface area contributed by atoms with Crippen LogP contribution in [0, 0.1) is 6.92 Å². The molecule has 10 nitrogen and oxygen atoms in total. The summed E-state index contributed by atoms with van der Waals surface area (Å²) < 4.78 is 48.0. The number of nitrogens with one attached hydrogen (secondary N) is 1. The van der Waals surface area contributed by atoms with Crippen molar-refractivity contribution in [2.75, 3.05) is 12.4 Å². The van der Waals surface area contributed by atoms with Crippen LogP contribution in [0.25, 0.3) is 33.8 Å². The molecule has 5 aromatic rings. The Hall–Kier alpha value is -5.20. The zero-order valence-electron chi connectivity index (χ0n) is 20.3. The number of ether oxygens (including phenoxy) is 1. The van der Waals surface area contributed by atoms with Crippen LogP contribution in [-0.2, 0) is 4.79 Å². The first-order valence-corrected chi connectivity index (χ1v) is 11.1. The van der Waals surface area contributed by atoms with Gasteiger partial charge < -0.3 is 24.1 Å².